The normalized spacial score (nSPS) is 11.9. The molecule has 35 heavy (non-hydrogen) atoms. The highest BCUT2D eigenvalue weighted by atomic mass is 32.2. The lowest BCUT2D eigenvalue weighted by atomic mass is 10.1. The standard InChI is InChI=1S/C27H23N3O4S/c1-17-7-10-21(11-8-17)35(32,33)22(16-28)15-23-26(34-24-12-9-18(2)14-20(24)4)29-25-19(3)6-5-13-30(25)27(23)31/h5-15H,1-4H3/b22-15+. The molecule has 0 radical (unpaired) electrons. The van der Waals surface area contributed by atoms with Gasteiger partial charge < -0.3 is 4.74 Å². The number of sulfone groups is 1. The van der Waals surface area contributed by atoms with Gasteiger partial charge in [0.2, 0.25) is 15.7 Å². The molecule has 0 spiro atoms. The molecule has 0 aliphatic carbocycles. The number of fused-ring (bicyclic) bond motifs is 1. The van der Waals surface area contributed by atoms with Crippen LogP contribution in [0, 0.1) is 39.0 Å². The first-order chi connectivity index (χ1) is 16.6. The third kappa shape index (κ3) is 4.59. The van der Waals surface area contributed by atoms with Crippen molar-refractivity contribution >= 4 is 21.6 Å². The highest BCUT2D eigenvalue weighted by molar-refractivity contribution is 7.95. The van der Waals surface area contributed by atoms with E-state index < -0.39 is 20.3 Å². The summed E-state index contributed by atoms with van der Waals surface area (Å²) in [5.41, 5.74) is 3.15. The summed E-state index contributed by atoms with van der Waals surface area (Å²) < 4.78 is 33.8. The Balaban J connectivity index is 1.97. The summed E-state index contributed by atoms with van der Waals surface area (Å²) in [6.45, 7) is 7.45. The summed E-state index contributed by atoms with van der Waals surface area (Å²) in [6.07, 6.45) is 2.58. The summed E-state index contributed by atoms with van der Waals surface area (Å²) >= 11 is 0. The van der Waals surface area contributed by atoms with E-state index in [0.717, 1.165) is 28.3 Å². The second-order valence-corrected chi connectivity index (χ2v) is 10.2. The van der Waals surface area contributed by atoms with E-state index in [2.05, 4.69) is 4.98 Å². The molecule has 0 bridgehead atoms. The van der Waals surface area contributed by atoms with E-state index in [1.807, 2.05) is 32.9 Å². The molecule has 0 unspecified atom stereocenters. The molecule has 0 N–H and O–H groups in total. The molecule has 0 atom stereocenters. The van der Waals surface area contributed by atoms with Crippen LogP contribution in [-0.2, 0) is 9.84 Å². The van der Waals surface area contributed by atoms with E-state index in [4.69, 9.17) is 4.74 Å². The lowest BCUT2D eigenvalue weighted by Crippen LogP contribution is -2.20. The van der Waals surface area contributed by atoms with Crippen LogP contribution >= 0.6 is 0 Å². The molecule has 2 aromatic heterocycles. The van der Waals surface area contributed by atoms with E-state index in [1.54, 1.807) is 43.3 Å². The van der Waals surface area contributed by atoms with Crippen molar-refractivity contribution < 1.29 is 13.2 Å². The number of allylic oxidation sites excluding steroid dienone is 1. The van der Waals surface area contributed by atoms with Crippen molar-refractivity contribution in [3.63, 3.8) is 0 Å². The van der Waals surface area contributed by atoms with Gasteiger partial charge in [-0.15, -0.1) is 0 Å². The van der Waals surface area contributed by atoms with Gasteiger partial charge in [0.25, 0.3) is 5.56 Å². The Morgan fingerprint density at radius 3 is 2.34 bits per heavy atom. The number of nitrogens with zero attached hydrogens (tertiary/aromatic N) is 3. The summed E-state index contributed by atoms with van der Waals surface area (Å²) in [6, 6.07) is 16.9. The molecule has 2 heterocycles. The number of pyridine rings is 1. The predicted octanol–water partition coefficient (Wildman–Crippen LogP) is 5.06. The molecule has 0 fully saturated rings. The summed E-state index contributed by atoms with van der Waals surface area (Å²) in [5, 5.41) is 9.77. The van der Waals surface area contributed by atoms with E-state index in [9.17, 15) is 18.5 Å². The van der Waals surface area contributed by atoms with E-state index in [0.29, 0.717) is 11.4 Å². The predicted molar refractivity (Wildman–Crippen MR) is 134 cm³/mol. The van der Waals surface area contributed by atoms with Crippen molar-refractivity contribution in [2.45, 2.75) is 32.6 Å². The first kappa shape index (κ1) is 23.9. The number of aromatic nitrogens is 2. The SMILES string of the molecule is Cc1ccc(S(=O)(=O)/C(C#N)=C/c2c(Oc3ccc(C)cc3C)nc3c(C)cccn3c2=O)cc1. The number of nitriles is 1. The van der Waals surface area contributed by atoms with Crippen LogP contribution in [0.2, 0.25) is 0 Å². The fourth-order valence-electron chi connectivity index (χ4n) is 3.66. The second-order valence-electron chi connectivity index (χ2n) is 8.33. The molecule has 8 heteroatoms. The molecular formula is C27H23N3O4S. The first-order valence-corrected chi connectivity index (χ1v) is 12.3. The van der Waals surface area contributed by atoms with Crippen LogP contribution in [0.1, 0.15) is 27.8 Å². The smallest absolute Gasteiger partial charge is 0.269 e. The molecule has 0 saturated carbocycles. The third-order valence-corrected chi connectivity index (χ3v) is 7.27. The van der Waals surface area contributed by atoms with Crippen LogP contribution in [-0.4, -0.2) is 17.8 Å². The molecule has 176 valence electrons. The zero-order valence-electron chi connectivity index (χ0n) is 19.7. The van der Waals surface area contributed by atoms with Crippen LogP contribution in [0.5, 0.6) is 11.6 Å². The summed E-state index contributed by atoms with van der Waals surface area (Å²) in [5.74, 6) is 0.387. The number of rotatable bonds is 5. The fourth-order valence-corrected chi connectivity index (χ4v) is 4.80. The summed E-state index contributed by atoms with van der Waals surface area (Å²) in [4.78, 5) is 17.4. The van der Waals surface area contributed by atoms with Crippen molar-refractivity contribution in [1.82, 2.24) is 9.38 Å². The van der Waals surface area contributed by atoms with Gasteiger partial charge in [-0.2, -0.15) is 10.2 Å². The van der Waals surface area contributed by atoms with E-state index in [1.165, 1.54) is 22.7 Å². The number of benzene rings is 2. The number of ether oxygens (including phenoxy) is 1. The molecule has 4 rings (SSSR count). The Kier molecular flexibility index (Phi) is 6.29. The largest absolute Gasteiger partial charge is 0.438 e. The van der Waals surface area contributed by atoms with Gasteiger partial charge in [0.05, 0.1) is 4.90 Å². The monoisotopic (exact) mass is 485 g/mol. The molecule has 0 saturated heterocycles. The zero-order chi connectivity index (χ0) is 25.3. The van der Waals surface area contributed by atoms with Crippen molar-refractivity contribution in [3.05, 3.63) is 104 Å². The van der Waals surface area contributed by atoms with Gasteiger partial charge in [0.1, 0.15) is 27.9 Å². The lowest BCUT2D eigenvalue weighted by molar-refractivity contribution is 0.457. The minimum atomic E-state index is -4.18. The van der Waals surface area contributed by atoms with Gasteiger partial charge in [-0.3, -0.25) is 9.20 Å². The van der Waals surface area contributed by atoms with Gasteiger partial charge >= 0.3 is 0 Å². The second kappa shape index (κ2) is 9.20. The Hall–Kier alpha value is -4.22. The molecular weight excluding hydrogens is 462 g/mol. The van der Waals surface area contributed by atoms with Crippen LogP contribution in [0.4, 0.5) is 0 Å². The zero-order valence-corrected chi connectivity index (χ0v) is 20.6. The summed E-state index contributed by atoms with van der Waals surface area (Å²) in [7, 11) is -4.18. The number of aryl methyl sites for hydroxylation is 4. The van der Waals surface area contributed by atoms with Gasteiger partial charge in [-0.25, -0.2) is 8.42 Å². The van der Waals surface area contributed by atoms with Crippen LogP contribution in [0.3, 0.4) is 0 Å². The average Bonchev–Trinajstić information content (AvgIpc) is 2.81. The Bertz CT molecular complexity index is 1690. The number of hydrogen-bond donors (Lipinski definition) is 0. The maximum atomic E-state index is 13.5. The van der Waals surface area contributed by atoms with Gasteiger partial charge in [0.15, 0.2) is 0 Å². The maximum absolute atomic E-state index is 13.5. The van der Waals surface area contributed by atoms with Gasteiger partial charge in [0, 0.05) is 6.20 Å². The quantitative estimate of drug-likeness (QED) is 0.366. The Morgan fingerprint density at radius 1 is 1.00 bits per heavy atom. The topological polar surface area (TPSA) is 102 Å². The lowest BCUT2D eigenvalue weighted by Gasteiger charge is -2.13. The maximum Gasteiger partial charge on any atom is 0.269 e. The van der Waals surface area contributed by atoms with Crippen molar-refractivity contribution in [2.24, 2.45) is 0 Å². The fraction of sp³-hybridized carbons (Fsp3) is 0.148. The Labute approximate surface area is 203 Å². The Morgan fingerprint density at radius 2 is 1.69 bits per heavy atom. The number of hydrogen-bond acceptors (Lipinski definition) is 6. The first-order valence-electron chi connectivity index (χ1n) is 10.8. The molecule has 0 amide bonds. The molecule has 0 aliphatic rings. The average molecular weight is 486 g/mol. The molecule has 0 aliphatic heterocycles. The van der Waals surface area contributed by atoms with Crippen molar-refractivity contribution in [3.8, 4) is 17.7 Å². The van der Waals surface area contributed by atoms with Gasteiger partial charge in [-0.1, -0.05) is 41.5 Å². The minimum Gasteiger partial charge on any atom is -0.438 e. The van der Waals surface area contributed by atoms with E-state index in [-0.39, 0.29) is 16.3 Å². The molecule has 7 nitrogen and oxygen atoms in total. The third-order valence-electron chi connectivity index (χ3n) is 5.59. The minimum absolute atomic E-state index is 0.0440. The van der Waals surface area contributed by atoms with Crippen molar-refractivity contribution in [1.29, 1.82) is 5.26 Å². The van der Waals surface area contributed by atoms with Crippen LogP contribution < -0.4 is 10.3 Å². The van der Waals surface area contributed by atoms with Crippen molar-refractivity contribution in [2.75, 3.05) is 0 Å². The highest BCUT2D eigenvalue weighted by Crippen LogP contribution is 2.29. The molecule has 4 aromatic rings. The highest BCUT2D eigenvalue weighted by Gasteiger charge is 2.24. The van der Waals surface area contributed by atoms with Gasteiger partial charge in [-0.05, 0) is 69.2 Å². The van der Waals surface area contributed by atoms with Crippen LogP contribution in [0.25, 0.3) is 11.7 Å². The van der Waals surface area contributed by atoms with E-state index >= 15 is 0 Å². The molecule has 2 aromatic carbocycles. The van der Waals surface area contributed by atoms with Crippen LogP contribution in [0.15, 0.2) is 75.4 Å².